The smallest absolute Gasteiger partial charge is 0.303 e. The average Bonchev–Trinajstić information content (AvgIpc) is 3.80. The molecule has 3 aromatic rings. The van der Waals surface area contributed by atoms with Crippen LogP contribution in [0.2, 0.25) is 0 Å². The van der Waals surface area contributed by atoms with E-state index in [0.29, 0.717) is 12.6 Å². The minimum atomic E-state index is -0.981. The Morgan fingerprint density at radius 3 is 2.31 bits per heavy atom. The first-order valence-corrected chi connectivity index (χ1v) is 17.5. The lowest BCUT2D eigenvalue weighted by atomic mass is 9.89. The summed E-state index contributed by atoms with van der Waals surface area (Å²) in [6.45, 7) is 8.15. The maximum Gasteiger partial charge on any atom is 0.303 e. The van der Waals surface area contributed by atoms with Crippen LogP contribution in [0.5, 0.6) is 0 Å². The number of amides is 1. The average molecular weight is 656 g/mol. The van der Waals surface area contributed by atoms with Gasteiger partial charge in [-0.1, -0.05) is 73.7 Å². The summed E-state index contributed by atoms with van der Waals surface area (Å²) in [7, 11) is 0. The summed E-state index contributed by atoms with van der Waals surface area (Å²) in [6.07, 6.45) is 4.20. The van der Waals surface area contributed by atoms with Crippen LogP contribution in [0.1, 0.15) is 80.1 Å². The van der Waals surface area contributed by atoms with Gasteiger partial charge in [0.1, 0.15) is 0 Å². The van der Waals surface area contributed by atoms with Crippen LogP contribution in [-0.4, -0.2) is 76.8 Å². The molecule has 0 radical (unpaired) electrons. The van der Waals surface area contributed by atoms with Crippen LogP contribution in [0.15, 0.2) is 72.8 Å². The number of carboxylic acid groups (broad SMARTS) is 1. The Morgan fingerprint density at radius 2 is 1.58 bits per heavy atom. The maximum absolute atomic E-state index is 12.0. The number of rotatable bonds is 13. The predicted octanol–water partition coefficient (Wildman–Crippen LogP) is 5.68. The number of nitrogens with zero attached hydrogens (tertiary/aromatic N) is 2. The molecule has 3 aliphatic rings. The largest absolute Gasteiger partial charge is 0.481 e. The SMILES string of the molecule is C[C@@H]1[C@H](CN2CCC[C@H]2CN2CCCC2)O[C@H](c2ccc(-c3cccc(CNC(=O)CCC(=O)O)c3)cc2)O[C@@H]1c1ccc(CO)cc1. The van der Waals surface area contributed by atoms with E-state index in [1.807, 2.05) is 36.4 Å². The molecule has 1 amide bonds. The zero-order valence-corrected chi connectivity index (χ0v) is 27.9. The molecule has 0 aromatic heterocycles. The van der Waals surface area contributed by atoms with Gasteiger partial charge in [0.15, 0.2) is 6.29 Å². The van der Waals surface area contributed by atoms with E-state index >= 15 is 0 Å². The number of carbonyl (C=O) groups excluding carboxylic acids is 1. The topological polar surface area (TPSA) is 112 Å². The van der Waals surface area contributed by atoms with Gasteiger partial charge in [-0.15, -0.1) is 0 Å². The highest BCUT2D eigenvalue weighted by Crippen LogP contribution is 2.42. The summed E-state index contributed by atoms with van der Waals surface area (Å²) < 4.78 is 13.6. The quantitative estimate of drug-likeness (QED) is 0.216. The molecule has 9 nitrogen and oxygen atoms in total. The normalized spacial score (nSPS) is 24.9. The lowest BCUT2D eigenvalue weighted by molar-refractivity contribution is -0.276. The van der Waals surface area contributed by atoms with Gasteiger partial charge >= 0.3 is 5.97 Å². The Hall–Kier alpha value is -3.60. The van der Waals surface area contributed by atoms with Crippen LogP contribution in [0, 0.1) is 5.92 Å². The van der Waals surface area contributed by atoms with Gasteiger partial charge in [-0.25, -0.2) is 0 Å². The molecule has 6 rings (SSSR count). The molecule has 48 heavy (non-hydrogen) atoms. The number of aliphatic hydroxyl groups is 1. The first-order chi connectivity index (χ1) is 23.4. The van der Waals surface area contributed by atoms with Crippen LogP contribution in [-0.2, 0) is 32.2 Å². The molecule has 0 aliphatic carbocycles. The Kier molecular flexibility index (Phi) is 11.6. The van der Waals surface area contributed by atoms with E-state index in [1.54, 1.807) is 0 Å². The van der Waals surface area contributed by atoms with Crippen LogP contribution in [0.25, 0.3) is 11.1 Å². The molecule has 0 spiro atoms. The van der Waals surface area contributed by atoms with E-state index in [9.17, 15) is 14.7 Å². The van der Waals surface area contributed by atoms with Gasteiger partial charge in [0.2, 0.25) is 5.91 Å². The van der Waals surface area contributed by atoms with Crippen molar-refractivity contribution in [2.24, 2.45) is 5.92 Å². The van der Waals surface area contributed by atoms with E-state index in [0.717, 1.165) is 53.0 Å². The Balaban J connectivity index is 1.17. The van der Waals surface area contributed by atoms with Crippen molar-refractivity contribution in [1.82, 2.24) is 15.1 Å². The number of nitrogens with one attached hydrogen (secondary N) is 1. The third-order valence-electron chi connectivity index (χ3n) is 10.2. The molecular weight excluding hydrogens is 606 g/mol. The minimum Gasteiger partial charge on any atom is -0.481 e. The summed E-state index contributed by atoms with van der Waals surface area (Å²) in [5.41, 5.74) is 5.94. The fraction of sp³-hybridized carbons (Fsp3) is 0.487. The Bertz CT molecular complexity index is 1510. The molecule has 0 bridgehead atoms. The number of likely N-dealkylation sites (tertiary alicyclic amines) is 2. The van der Waals surface area contributed by atoms with Crippen molar-refractivity contribution in [3.05, 3.63) is 95.1 Å². The lowest BCUT2D eigenvalue weighted by Gasteiger charge is -2.43. The highest BCUT2D eigenvalue weighted by Gasteiger charge is 2.40. The monoisotopic (exact) mass is 655 g/mol. The van der Waals surface area contributed by atoms with Crippen molar-refractivity contribution in [2.45, 2.75) is 83.1 Å². The molecule has 3 fully saturated rings. The number of aliphatic hydroxyl groups excluding tert-OH is 1. The number of carbonyl (C=O) groups is 2. The molecule has 3 saturated heterocycles. The van der Waals surface area contributed by atoms with E-state index < -0.39 is 12.3 Å². The molecule has 3 aliphatic heterocycles. The summed E-state index contributed by atoms with van der Waals surface area (Å²) in [5.74, 6) is -1.12. The van der Waals surface area contributed by atoms with Crippen LogP contribution in [0.4, 0.5) is 0 Å². The Labute approximate surface area is 283 Å². The Morgan fingerprint density at radius 1 is 0.833 bits per heavy atom. The van der Waals surface area contributed by atoms with E-state index in [2.05, 4.69) is 58.4 Å². The molecule has 3 N–H and O–H groups in total. The molecule has 3 aromatic carbocycles. The van der Waals surface area contributed by atoms with E-state index in [1.165, 1.54) is 38.8 Å². The fourth-order valence-corrected chi connectivity index (χ4v) is 7.37. The van der Waals surface area contributed by atoms with Crippen molar-refractivity contribution < 1.29 is 29.3 Å². The number of benzene rings is 3. The van der Waals surface area contributed by atoms with Gasteiger partial charge < -0.3 is 29.9 Å². The van der Waals surface area contributed by atoms with Gasteiger partial charge in [0, 0.05) is 43.6 Å². The molecular formula is C39H49N3O6. The van der Waals surface area contributed by atoms with Gasteiger partial charge in [0.25, 0.3) is 0 Å². The number of aliphatic carboxylic acids is 1. The number of ether oxygens (including phenoxy) is 2. The molecule has 0 saturated carbocycles. The van der Waals surface area contributed by atoms with Crippen molar-refractivity contribution in [2.75, 3.05) is 32.7 Å². The zero-order chi connectivity index (χ0) is 33.5. The van der Waals surface area contributed by atoms with E-state index in [4.69, 9.17) is 14.6 Å². The molecule has 9 heteroatoms. The predicted molar refractivity (Wildman–Crippen MR) is 184 cm³/mol. The first kappa shape index (κ1) is 34.3. The van der Waals surface area contributed by atoms with Crippen molar-refractivity contribution >= 4 is 11.9 Å². The van der Waals surface area contributed by atoms with E-state index in [-0.39, 0.29) is 43.5 Å². The standard InChI is InChI=1S/C39H49N3O6/c1-27-35(25-42-21-5-8-34(42)24-41-19-2-3-20-41)47-39(48-38(27)31-11-9-28(26-43)10-12-31)32-15-13-30(14-16-32)33-7-4-6-29(22-33)23-40-36(44)17-18-37(45)46/h4,6-7,9-16,22,27,34-35,38-39,43H,2-3,5,8,17-21,23-26H2,1H3,(H,40,44)(H,45,46)/t27-,34+,35+,38+,39+/m1/s1. The molecule has 256 valence electrons. The highest BCUT2D eigenvalue weighted by molar-refractivity contribution is 5.80. The van der Waals surface area contributed by atoms with Gasteiger partial charge in [-0.2, -0.15) is 0 Å². The van der Waals surface area contributed by atoms with Gasteiger partial charge in [-0.3, -0.25) is 14.5 Å². The summed E-state index contributed by atoms with van der Waals surface area (Å²) in [5, 5.41) is 21.3. The molecule has 0 unspecified atom stereocenters. The third kappa shape index (κ3) is 8.70. The molecule has 3 heterocycles. The number of hydrogen-bond donors (Lipinski definition) is 3. The third-order valence-corrected chi connectivity index (χ3v) is 10.2. The van der Waals surface area contributed by atoms with Crippen molar-refractivity contribution in [3.8, 4) is 11.1 Å². The highest BCUT2D eigenvalue weighted by atomic mass is 16.7. The number of hydrogen-bond acceptors (Lipinski definition) is 7. The number of carboxylic acids is 1. The minimum absolute atomic E-state index is 0.00693. The second kappa shape index (κ2) is 16.2. The second-order valence-electron chi connectivity index (χ2n) is 13.6. The summed E-state index contributed by atoms with van der Waals surface area (Å²) in [6, 6.07) is 25.0. The van der Waals surface area contributed by atoms with Crippen molar-refractivity contribution in [3.63, 3.8) is 0 Å². The van der Waals surface area contributed by atoms with Gasteiger partial charge in [-0.05, 0) is 79.2 Å². The van der Waals surface area contributed by atoms with Gasteiger partial charge in [0.05, 0.1) is 25.2 Å². The second-order valence-corrected chi connectivity index (χ2v) is 13.6. The van der Waals surface area contributed by atoms with Crippen LogP contribution in [0.3, 0.4) is 0 Å². The van der Waals surface area contributed by atoms with Crippen LogP contribution < -0.4 is 5.32 Å². The fourth-order valence-electron chi connectivity index (χ4n) is 7.37. The van der Waals surface area contributed by atoms with Crippen LogP contribution >= 0.6 is 0 Å². The zero-order valence-electron chi connectivity index (χ0n) is 27.9. The first-order valence-electron chi connectivity index (χ1n) is 17.5. The summed E-state index contributed by atoms with van der Waals surface area (Å²) >= 11 is 0. The maximum atomic E-state index is 12.0. The molecule has 5 atom stereocenters. The lowest BCUT2D eigenvalue weighted by Crippen LogP contribution is -2.48. The van der Waals surface area contributed by atoms with Crippen molar-refractivity contribution in [1.29, 1.82) is 0 Å². The summed E-state index contributed by atoms with van der Waals surface area (Å²) in [4.78, 5) is 28.1.